The van der Waals surface area contributed by atoms with Gasteiger partial charge in [-0.25, -0.2) is 9.37 Å². The molecule has 23 heavy (non-hydrogen) atoms. The third-order valence-electron chi connectivity index (χ3n) is 3.15. The molecule has 0 unspecified atom stereocenters. The number of anilines is 1. The standard InChI is InChI=1S/C16H12BrFN4O/c17-14-9-12(18)4-5-15(14)20-21-16(23)11-2-1-3-13(8-11)22-7-6-19-10-22/h1-10,20H,(H,21,23). The van der Waals surface area contributed by atoms with Crippen molar-refractivity contribution >= 4 is 27.5 Å². The quantitative estimate of drug-likeness (QED) is 0.686. The lowest BCUT2D eigenvalue weighted by Crippen LogP contribution is -2.29. The van der Waals surface area contributed by atoms with E-state index in [9.17, 15) is 9.18 Å². The monoisotopic (exact) mass is 374 g/mol. The normalized spacial score (nSPS) is 10.3. The van der Waals surface area contributed by atoms with Crippen LogP contribution in [0.5, 0.6) is 0 Å². The number of hydrazine groups is 1. The first kappa shape index (κ1) is 15.2. The lowest BCUT2D eigenvalue weighted by Gasteiger charge is -2.11. The highest BCUT2D eigenvalue weighted by Gasteiger charge is 2.08. The van der Waals surface area contributed by atoms with Gasteiger partial charge in [-0.3, -0.25) is 15.6 Å². The molecule has 0 saturated heterocycles. The van der Waals surface area contributed by atoms with E-state index in [2.05, 4.69) is 31.8 Å². The van der Waals surface area contributed by atoms with Crippen LogP contribution in [0.15, 0.2) is 65.7 Å². The van der Waals surface area contributed by atoms with E-state index < -0.39 is 0 Å². The summed E-state index contributed by atoms with van der Waals surface area (Å²) >= 11 is 3.23. The summed E-state index contributed by atoms with van der Waals surface area (Å²) < 4.78 is 15.4. The Morgan fingerprint density at radius 1 is 1.22 bits per heavy atom. The Balaban J connectivity index is 1.72. The molecule has 0 aliphatic carbocycles. The van der Waals surface area contributed by atoms with Gasteiger partial charge in [0.05, 0.1) is 12.0 Å². The second-order valence-corrected chi connectivity index (χ2v) is 5.58. The minimum absolute atomic E-state index is 0.303. The summed E-state index contributed by atoms with van der Waals surface area (Å²) in [5.41, 5.74) is 7.22. The number of rotatable bonds is 4. The largest absolute Gasteiger partial charge is 0.306 e. The Kier molecular flexibility index (Phi) is 4.38. The van der Waals surface area contributed by atoms with Crippen LogP contribution in [0.1, 0.15) is 10.4 Å². The van der Waals surface area contributed by atoms with Gasteiger partial charge in [-0.2, -0.15) is 0 Å². The third kappa shape index (κ3) is 3.57. The molecule has 0 fully saturated rings. The van der Waals surface area contributed by atoms with Gasteiger partial charge in [0, 0.05) is 28.1 Å². The summed E-state index contributed by atoms with van der Waals surface area (Å²) in [6.45, 7) is 0. The second-order valence-electron chi connectivity index (χ2n) is 4.72. The number of aromatic nitrogens is 2. The van der Waals surface area contributed by atoms with Crippen LogP contribution in [-0.2, 0) is 0 Å². The van der Waals surface area contributed by atoms with E-state index in [-0.39, 0.29) is 11.7 Å². The summed E-state index contributed by atoms with van der Waals surface area (Å²) in [6, 6.07) is 11.3. The highest BCUT2D eigenvalue weighted by Crippen LogP contribution is 2.22. The van der Waals surface area contributed by atoms with Gasteiger partial charge in [0.2, 0.25) is 0 Å². The zero-order chi connectivity index (χ0) is 16.2. The summed E-state index contributed by atoms with van der Waals surface area (Å²) in [6.07, 6.45) is 5.12. The fourth-order valence-corrected chi connectivity index (χ4v) is 2.46. The van der Waals surface area contributed by atoms with Crippen LogP contribution < -0.4 is 10.9 Å². The molecule has 3 rings (SSSR count). The highest BCUT2D eigenvalue weighted by atomic mass is 79.9. The molecule has 116 valence electrons. The van der Waals surface area contributed by atoms with Crippen molar-refractivity contribution in [1.29, 1.82) is 0 Å². The van der Waals surface area contributed by atoms with Crippen molar-refractivity contribution < 1.29 is 9.18 Å². The van der Waals surface area contributed by atoms with Crippen LogP contribution in [-0.4, -0.2) is 15.5 Å². The van der Waals surface area contributed by atoms with Gasteiger partial charge in [0.1, 0.15) is 5.82 Å². The van der Waals surface area contributed by atoms with Crippen LogP contribution in [0.4, 0.5) is 10.1 Å². The number of carbonyl (C=O) groups is 1. The molecule has 0 saturated carbocycles. The summed E-state index contributed by atoms with van der Waals surface area (Å²) in [4.78, 5) is 16.2. The molecule has 3 aromatic rings. The zero-order valence-corrected chi connectivity index (χ0v) is 13.4. The maximum Gasteiger partial charge on any atom is 0.269 e. The molecule has 1 aromatic heterocycles. The molecule has 0 radical (unpaired) electrons. The van der Waals surface area contributed by atoms with E-state index in [0.717, 1.165) is 5.69 Å². The number of benzene rings is 2. The Labute approximate surface area is 140 Å². The Morgan fingerprint density at radius 3 is 2.83 bits per heavy atom. The Bertz CT molecular complexity index is 836. The summed E-state index contributed by atoms with van der Waals surface area (Å²) in [5.74, 6) is -0.662. The number of imidazole rings is 1. The molecular weight excluding hydrogens is 363 g/mol. The maximum absolute atomic E-state index is 13.0. The van der Waals surface area contributed by atoms with Crippen molar-refractivity contribution in [2.45, 2.75) is 0 Å². The van der Waals surface area contributed by atoms with E-state index in [1.165, 1.54) is 18.2 Å². The molecular formula is C16H12BrFN4O. The summed E-state index contributed by atoms with van der Waals surface area (Å²) in [7, 11) is 0. The zero-order valence-electron chi connectivity index (χ0n) is 11.8. The minimum atomic E-state index is -0.359. The first-order chi connectivity index (χ1) is 11.1. The molecule has 0 spiro atoms. The van der Waals surface area contributed by atoms with Gasteiger partial charge in [-0.05, 0) is 52.3 Å². The fourth-order valence-electron chi connectivity index (χ4n) is 2.01. The average molecular weight is 375 g/mol. The van der Waals surface area contributed by atoms with Crippen LogP contribution in [0.2, 0.25) is 0 Å². The van der Waals surface area contributed by atoms with Gasteiger partial charge < -0.3 is 4.57 Å². The predicted octanol–water partition coefficient (Wildman–Crippen LogP) is 3.53. The molecule has 5 nitrogen and oxygen atoms in total. The SMILES string of the molecule is O=C(NNc1ccc(F)cc1Br)c1cccc(-n2ccnc2)c1. The van der Waals surface area contributed by atoms with Crippen molar-refractivity contribution in [3.05, 3.63) is 77.0 Å². The molecule has 1 amide bonds. The number of hydrogen-bond acceptors (Lipinski definition) is 3. The number of nitrogens with one attached hydrogen (secondary N) is 2. The fraction of sp³-hybridized carbons (Fsp3) is 0. The van der Waals surface area contributed by atoms with Gasteiger partial charge in [-0.15, -0.1) is 0 Å². The van der Waals surface area contributed by atoms with Crippen LogP contribution in [0.3, 0.4) is 0 Å². The first-order valence-corrected chi connectivity index (χ1v) is 7.52. The molecule has 2 aromatic carbocycles. The third-order valence-corrected chi connectivity index (χ3v) is 3.81. The average Bonchev–Trinajstić information content (AvgIpc) is 3.08. The molecule has 7 heteroatoms. The number of carbonyl (C=O) groups excluding carboxylic acids is 1. The van der Waals surface area contributed by atoms with E-state index in [1.54, 1.807) is 41.5 Å². The van der Waals surface area contributed by atoms with Gasteiger partial charge in [0.15, 0.2) is 0 Å². The molecule has 0 atom stereocenters. The lowest BCUT2D eigenvalue weighted by molar-refractivity contribution is 0.0962. The van der Waals surface area contributed by atoms with E-state index in [0.29, 0.717) is 15.7 Å². The van der Waals surface area contributed by atoms with Crippen LogP contribution in [0, 0.1) is 5.82 Å². The van der Waals surface area contributed by atoms with E-state index >= 15 is 0 Å². The Hall–Kier alpha value is -2.67. The van der Waals surface area contributed by atoms with Gasteiger partial charge in [-0.1, -0.05) is 6.07 Å². The highest BCUT2D eigenvalue weighted by molar-refractivity contribution is 9.10. The number of nitrogens with zero attached hydrogens (tertiary/aromatic N) is 2. The van der Waals surface area contributed by atoms with Crippen molar-refractivity contribution in [2.75, 3.05) is 5.43 Å². The number of amides is 1. The lowest BCUT2D eigenvalue weighted by atomic mass is 10.2. The first-order valence-electron chi connectivity index (χ1n) is 6.73. The topological polar surface area (TPSA) is 59.0 Å². The molecule has 2 N–H and O–H groups in total. The molecule has 0 aliphatic rings. The second kappa shape index (κ2) is 6.62. The van der Waals surface area contributed by atoms with Crippen molar-refractivity contribution in [3.63, 3.8) is 0 Å². The molecule has 0 bridgehead atoms. The maximum atomic E-state index is 13.0. The summed E-state index contributed by atoms with van der Waals surface area (Å²) in [5, 5.41) is 0. The number of halogens is 2. The molecule has 0 aliphatic heterocycles. The van der Waals surface area contributed by atoms with E-state index in [1.807, 2.05) is 6.07 Å². The van der Waals surface area contributed by atoms with Crippen molar-refractivity contribution in [3.8, 4) is 5.69 Å². The van der Waals surface area contributed by atoms with Crippen molar-refractivity contribution in [2.24, 2.45) is 0 Å². The van der Waals surface area contributed by atoms with Crippen LogP contribution in [0.25, 0.3) is 5.69 Å². The van der Waals surface area contributed by atoms with Crippen LogP contribution >= 0.6 is 15.9 Å². The van der Waals surface area contributed by atoms with Gasteiger partial charge >= 0.3 is 0 Å². The predicted molar refractivity (Wildman–Crippen MR) is 88.8 cm³/mol. The number of hydrogen-bond donors (Lipinski definition) is 2. The minimum Gasteiger partial charge on any atom is -0.306 e. The smallest absolute Gasteiger partial charge is 0.269 e. The van der Waals surface area contributed by atoms with E-state index in [4.69, 9.17) is 0 Å². The van der Waals surface area contributed by atoms with Crippen molar-refractivity contribution in [1.82, 2.24) is 15.0 Å². The molecule has 1 heterocycles. The van der Waals surface area contributed by atoms with Gasteiger partial charge in [0.25, 0.3) is 5.91 Å². The Morgan fingerprint density at radius 2 is 2.09 bits per heavy atom.